The largest absolute Gasteiger partial charge is 0.392 e. The molecule has 0 heterocycles. The first-order chi connectivity index (χ1) is 5.35. The van der Waals surface area contributed by atoms with E-state index in [1.165, 1.54) is 12.1 Å². The van der Waals surface area contributed by atoms with Crippen molar-refractivity contribution in [3.63, 3.8) is 0 Å². The van der Waals surface area contributed by atoms with Crippen LogP contribution in [0.25, 0.3) is 0 Å². The monoisotopic (exact) mass is 153 g/mol. The summed E-state index contributed by atoms with van der Waals surface area (Å²) in [5.74, 6) is 0. The van der Waals surface area contributed by atoms with Crippen molar-refractivity contribution in [3.8, 4) is 0 Å². The van der Waals surface area contributed by atoms with E-state index in [0.29, 0.717) is 0 Å². The molecule has 0 rings (SSSR count). The van der Waals surface area contributed by atoms with E-state index in [-0.39, 0.29) is 0 Å². The van der Waals surface area contributed by atoms with Gasteiger partial charge in [0, 0.05) is 12.7 Å². The Balaban J connectivity index is 3.51. The predicted octanol–water partition coefficient (Wildman–Crippen LogP) is 2.86. The quantitative estimate of drug-likeness (QED) is 0.457. The lowest BCUT2D eigenvalue weighted by Crippen LogP contribution is -2.05. The minimum Gasteiger partial charge on any atom is -0.392 e. The molecule has 64 valence electrons. The third-order valence-corrected chi connectivity index (χ3v) is 1.63. The second-order valence-electron chi connectivity index (χ2n) is 2.57. The first-order valence-corrected chi connectivity index (χ1v) is 4.32. The Morgan fingerprint density at radius 1 is 1.55 bits per heavy atom. The maximum absolute atomic E-state index is 3.69. The summed E-state index contributed by atoms with van der Waals surface area (Å²) in [6, 6.07) is 0. The molecular weight excluding hydrogens is 134 g/mol. The van der Waals surface area contributed by atoms with Crippen LogP contribution in [-0.2, 0) is 0 Å². The summed E-state index contributed by atoms with van der Waals surface area (Å²) in [5.41, 5.74) is 1.36. The van der Waals surface area contributed by atoms with Gasteiger partial charge in [-0.3, -0.25) is 0 Å². The highest BCUT2D eigenvalue weighted by Gasteiger charge is 1.90. The molecule has 0 saturated carbocycles. The molecule has 0 spiro atoms. The Kier molecular flexibility index (Phi) is 6.90. The van der Waals surface area contributed by atoms with Crippen LogP contribution in [-0.4, -0.2) is 7.05 Å². The van der Waals surface area contributed by atoms with Gasteiger partial charge < -0.3 is 5.32 Å². The van der Waals surface area contributed by atoms with Crippen molar-refractivity contribution in [2.24, 2.45) is 0 Å². The molecule has 0 aromatic heterocycles. The van der Waals surface area contributed by atoms with Crippen LogP contribution in [0.3, 0.4) is 0 Å². The highest BCUT2D eigenvalue weighted by Crippen LogP contribution is 2.04. The van der Waals surface area contributed by atoms with Gasteiger partial charge >= 0.3 is 0 Å². The van der Waals surface area contributed by atoms with Crippen LogP contribution in [0.15, 0.2) is 24.4 Å². The lowest BCUT2D eigenvalue weighted by atomic mass is 10.2. The van der Waals surface area contributed by atoms with Crippen molar-refractivity contribution in [2.75, 3.05) is 7.05 Å². The molecule has 0 saturated heterocycles. The van der Waals surface area contributed by atoms with E-state index in [1.54, 1.807) is 0 Å². The Morgan fingerprint density at radius 3 is 2.73 bits per heavy atom. The van der Waals surface area contributed by atoms with Gasteiger partial charge in [-0.05, 0) is 25.7 Å². The van der Waals surface area contributed by atoms with Gasteiger partial charge in [0.1, 0.15) is 0 Å². The molecule has 0 aliphatic carbocycles. The van der Waals surface area contributed by atoms with E-state index >= 15 is 0 Å². The van der Waals surface area contributed by atoms with Gasteiger partial charge in [-0.1, -0.05) is 19.1 Å². The molecule has 11 heavy (non-hydrogen) atoms. The molecule has 0 bridgehead atoms. The van der Waals surface area contributed by atoms with Crippen LogP contribution in [0.2, 0.25) is 0 Å². The molecule has 0 aliphatic heterocycles. The fraction of sp³-hybridized carbons (Fsp3) is 0.600. The molecule has 0 aliphatic rings. The zero-order valence-electron chi connectivity index (χ0n) is 7.69. The summed E-state index contributed by atoms with van der Waals surface area (Å²) >= 11 is 0. The molecule has 0 radical (unpaired) electrons. The average molecular weight is 153 g/mol. The standard InChI is InChI=1S/C10H19N/c1-4-6-7-9-10(11-3)8-5-2/h4,8,11H,1,5-7,9H2,2-3H3/b10-8+. The summed E-state index contributed by atoms with van der Waals surface area (Å²) in [6.07, 6.45) is 8.79. The predicted molar refractivity (Wildman–Crippen MR) is 51.5 cm³/mol. The average Bonchev–Trinajstić information content (AvgIpc) is 2.03. The van der Waals surface area contributed by atoms with Gasteiger partial charge in [0.05, 0.1) is 0 Å². The summed E-state index contributed by atoms with van der Waals surface area (Å²) in [4.78, 5) is 0. The number of hydrogen-bond acceptors (Lipinski definition) is 1. The maximum atomic E-state index is 3.69. The zero-order valence-corrected chi connectivity index (χ0v) is 7.69. The molecular formula is C10H19N. The molecule has 0 fully saturated rings. The first-order valence-electron chi connectivity index (χ1n) is 4.32. The van der Waals surface area contributed by atoms with E-state index in [9.17, 15) is 0 Å². The molecule has 1 N–H and O–H groups in total. The van der Waals surface area contributed by atoms with Crippen molar-refractivity contribution in [2.45, 2.75) is 32.6 Å². The zero-order chi connectivity index (χ0) is 8.53. The van der Waals surface area contributed by atoms with Crippen LogP contribution in [0.5, 0.6) is 0 Å². The van der Waals surface area contributed by atoms with Crippen molar-refractivity contribution in [3.05, 3.63) is 24.4 Å². The van der Waals surface area contributed by atoms with Crippen LogP contribution in [0, 0.1) is 0 Å². The van der Waals surface area contributed by atoms with Gasteiger partial charge in [-0.2, -0.15) is 0 Å². The highest BCUT2D eigenvalue weighted by molar-refractivity contribution is 4.98. The van der Waals surface area contributed by atoms with Crippen molar-refractivity contribution >= 4 is 0 Å². The Bertz CT molecular complexity index is 125. The highest BCUT2D eigenvalue weighted by atomic mass is 14.8. The van der Waals surface area contributed by atoms with Crippen LogP contribution >= 0.6 is 0 Å². The van der Waals surface area contributed by atoms with E-state index in [0.717, 1.165) is 19.3 Å². The van der Waals surface area contributed by atoms with Gasteiger partial charge in [0.25, 0.3) is 0 Å². The second-order valence-corrected chi connectivity index (χ2v) is 2.57. The van der Waals surface area contributed by atoms with E-state index < -0.39 is 0 Å². The SMILES string of the molecule is C=CCCC/C(=C\CC)NC. The van der Waals surface area contributed by atoms with Gasteiger partial charge in [-0.25, -0.2) is 0 Å². The molecule has 1 heteroatoms. The topological polar surface area (TPSA) is 12.0 Å². The molecule has 0 aromatic carbocycles. The third-order valence-electron chi connectivity index (χ3n) is 1.63. The van der Waals surface area contributed by atoms with Crippen molar-refractivity contribution in [1.29, 1.82) is 0 Å². The van der Waals surface area contributed by atoms with Gasteiger partial charge in [0.15, 0.2) is 0 Å². The fourth-order valence-electron chi connectivity index (χ4n) is 1.01. The number of unbranched alkanes of at least 4 members (excludes halogenated alkanes) is 1. The van der Waals surface area contributed by atoms with E-state index in [2.05, 4.69) is 24.9 Å². The van der Waals surface area contributed by atoms with Crippen molar-refractivity contribution < 1.29 is 0 Å². The molecule has 0 atom stereocenters. The first kappa shape index (κ1) is 10.3. The Morgan fingerprint density at radius 2 is 2.27 bits per heavy atom. The summed E-state index contributed by atoms with van der Waals surface area (Å²) in [5, 5.41) is 3.19. The number of hydrogen-bond donors (Lipinski definition) is 1. The molecule has 0 unspecified atom stereocenters. The van der Waals surface area contributed by atoms with Crippen LogP contribution < -0.4 is 5.32 Å². The van der Waals surface area contributed by atoms with Crippen LogP contribution in [0.1, 0.15) is 32.6 Å². The maximum Gasteiger partial charge on any atom is 0.00635 e. The van der Waals surface area contributed by atoms with Crippen LogP contribution in [0.4, 0.5) is 0 Å². The Hall–Kier alpha value is -0.720. The van der Waals surface area contributed by atoms with Gasteiger partial charge in [-0.15, -0.1) is 6.58 Å². The Labute approximate surface area is 70.2 Å². The van der Waals surface area contributed by atoms with Crippen molar-refractivity contribution in [1.82, 2.24) is 5.32 Å². The van der Waals surface area contributed by atoms with E-state index in [1.807, 2.05) is 13.1 Å². The number of allylic oxidation sites excluding steroid dienone is 3. The summed E-state index contributed by atoms with van der Waals surface area (Å²) in [7, 11) is 1.98. The number of rotatable bonds is 6. The van der Waals surface area contributed by atoms with Gasteiger partial charge in [0.2, 0.25) is 0 Å². The minimum absolute atomic E-state index is 1.11. The number of nitrogens with one attached hydrogen (secondary N) is 1. The molecule has 0 amide bonds. The second kappa shape index (κ2) is 7.39. The third kappa shape index (κ3) is 5.71. The summed E-state index contributed by atoms with van der Waals surface area (Å²) in [6.45, 7) is 5.85. The fourth-order valence-corrected chi connectivity index (χ4v) is 1.01. The molecule has 0 aromatic rings. The smallest absolute Gasteiger partial charge is 0.00635 e. The lowest BCUT2D eigenvalue weighted by molar-refractivity contribution is 0.768. The lowest BCUT2D eigenvalue weighted by Gasteiger charge is -2.04. The molecule has 1 nitrogen and oxygen atoms in total. The van der Waals surface area contributed by atoms with E-state index in [4.69, 9.17) is 0 Å². The minimum atomic E-state index is 1.11. The normalized spacial score (nSPS) is 11.3. The summed E-state index contributed by atoms with van der Waals surface area (Å²) < 4.78 is 0.